The first-order valence-electron chi connectivity index (χ1n) is 8.60. The van der Waals surface area contributed by atoms with Crippen molar-refractivity contribution in [2.24, 2.45) is 0 Å². The third-order valence-corrected chi connectivity index (χ3v) is 7.19. The van der Waals surface area contributed by atoms with Crippen LogP contribution in [0.5, 0.6) is 0 Å². The van der Waals surface area contributed by atoms with Gasteiger partial charge in [-0.25, -0.2) is 13.4 Å². The number of carbonyl (C=O) groups excluding carboxylic acids is 1. The molecule has 0 bridgehead atoms. The molecule has 1 aromatic heterocycles. The molecule has 1 fully saturated rings. The fourth-order valence-electron chi connectivity index (χ4n) is 2.90. The Kier molecular flexibility index (Phi) is 6.52. The van der Waals surface area contributed by atoms with E-state index in [1.54, 1.807) is 18.3 Å². The maximum atomic E-state index is 13.0. The van der Waals surface area contributed by atoms with Gasteiger partial charge in [0.1, 0.15) is 10.7 Å². The number of benzene rings is 1. The molecule has 144 valence electrons. The highest BCUT2D eigenvalue weighted by Gasteiger charge is 2.28. The zero-order valence-corrected chi connectivity index (χ0v) is 17.6. The van der Waals surface area contributed by atoms with Crippen LogP contribution in [0.4, 0.5) is 5.82 Å². The molecule has 2 heterocycles. The maximum Gasteiger partial charge on any atom is 0.256 e. The fraction of sp³-hybridized carbons (Fsp3) is 0.333. The second kappa shape index (κ2) is 8.68. The van der Waals surface area contributed by atoms with Crippen LogP contribution in [0.3, 0.4) is 0 Å². The number of amides is 1. The number of sulfonamides is 1. The smallest absolute Gasteiger partial charge is 0.256 e. The highest BCUT2D eigenvalue weighted by atomic mass is 79.9. The molecule has 3 rings (SSSR count). The number of nitrogens with one attached hydrogen (secondary N) is 1. The first kappa shape index (κ1) is 20.3. The number of pyridine rings is 1. The summed E-state index contributed by atoms with van der Waals surface area (Å²) >= 11 is 9.45. The van der Waals surface area contributed by atoms with E-state index in [1.807, 2.05) is 0 Å². The Labute approximate surface area is 172 Å². The molecule has 0 spiro atoms. The highest BCUT2D eigenvalue weighted by molar-refractivity contribution is 9.10. The van der Waals surface area contributed by atoms with Crippen LogP contribution in [-0.4, -0.2) is 36.7 Å². The average Bonchev–Trinajstić information content (AvgIpc) is 2.94. The molecule has 27 heavy (non-hydrogen) atoms. The first-order chi connectivity index (χ1) is 12.9. The highest BCUT2D eigenvalue weighted by Crippen LogP contribution is 2.28. The summed E-state index contributed by atoms with van der Waals surface area (Å²) in [5.74, 6) is -0.0797. The number of nitrogens with zero attached hydrogens (tertiary/aromatic N) is 2. The van der Waals surface area contributed by atoms with Crippen molar-refractivity contribution < 1.29 is 13.2 Å². The van der Waals surface area contributed by atoms with Crippen molar-refractivity contribution in [2.45, 2.75) is 30.6 Å². The van der Waals surface area contributed by atoms with Crippen LogP contribution in [0.2, 0.25) is 5.02 Å². The number of aromatic nitrogens is 1. The Bertz CT molecular complexity index is 927. The van der Waals surface area contributed by atoms with E-state index in [0.29, 0.717) is 18.9 Å². The van der Waals surface area contributed by atoms with Gasteiger partial charge in [-0.2, -0.15) is 4.31 Å². The normalized spacial score (nSPS) is 15.9. The van der Waals surface area contributed by atoms with Gasteiger partial charge in [0, 0.05) is 29.3 Å². The monoisotopic (exact) mass is 471 g/mol. The van der Waals surface area contributed by atoms with Crippen molar-refractivity contribution in [3.8, 4) is 0 Å². The number of rotatable bonds is 4. The summed E-state index contributed by atoms with van der Waals surface area (Å²) in [4.78, 5) is 16.6. The lowest BCUT2D eigenvalue weighted by Crippen LogP contribution is -2.32. The standard InChI is InChI=1S/C18H19BrClN3O3S/c19-14-6-8-17(21-12-14)22-18(24)13-5-7-15(20)16(11-13)27(25,26)23-9-3-1-2-4-10-23/h5-8,11-12H,1-4,9-10H2,(H,21,22,24). The Morgan fingerprint density at radius 3 is 2.44 bits per heavy atom. The average molecular weight is 473 g/mol. The summed E-state index contributed by atoms with van der Waals surface area (Å²) in [7, 11) is -3.75. The van der Waals surface area contributed by atoms with E-state index in [0.717, 1.165) is 30.2 Å². The summed E-state index contributed by atoms with van der Waals surface area (Å²) < 4.78 is 28.3. The number of hydrogen-bond acceptors (Lipinski definition) is 4. The second-order valence-corrected chi connectivity index (χ2v) is 9.51. The summed E-state index contributed by atoms with van der Waals surface area (Å²) in [6.45, 7) is 0.940. The van der Waals surface area contributed by atoms with Gasteiger partial charge in [0.25, 0.3) is 5.91 Å². The number of carbonyl (C=O) groups is 1. The van der Waals surface area contributed by atoms with Gasteiger partial charge in [-0.3, -0.25) is 4.79 Å². The Balaban J connectivity index is 1.87. The summed E-state index contributed by atoms with van der Waals surface area (Å²) in [6.07, 6.45) is 5.25. The van der Waals surface area contributed by atoms with Crippen molar-refractivity contribution in [1.29, 1.82) is 0 Å². The molecule has 0 atom stereocenters. The fourth-order valence-corrected chi connectivity index (χ4v) is 5.15. The predicted molar refractivity (Wildman–Crippen MR) is 109 cm³/mol. The third kappa shape index (κ3) is 4.87. The second-order valence-electron chi connectivity index (χ2n) is 6.28. The van der Waals surface area contributed by atoms with E-state index < -0.39 is 15.9 Å². The summed E-state index contributed by atoms with van der Waals surface area (Å²) in [5, 5.41) is 2.76. The lowest BCUT2D eigenvalue weighted by atomic mass is 10.2. The minimum atomic E-state index is -3.75. The van der Waals surface area contributed by atoms with Gasteiger partial charge in [-0.05, 0) is 59.1 Å². The van der Waals surface area contributed by atoms with Gasteiger partial charge in [0.05, 0.1) is 5.02 Å². The molecular weight excluding hydrogens is 454 g/mol. The molecule has 1 N–H and O–H groups in total. The van der Waals surface area contributed by atoms with Crippen LogP contribution in [0.1, 0.15) is 36.0 Å². The van der Waals surface area contributed by atoms with E-state index in [2.05, 4.69) is 26.2 Å². The molecule has 0 unspecified atom stereocenters. The molecule has 1 aliphatic rings. The number of anilines is 1. The van der Waals surface area contributed by atoms with Crippen LogP contribution >= 0.6 is 27.5 Å². The lowest BCUT2D eigenvalue weighted by Gasteiger charge is -2.21. The van der Waals surface area contributed by atoms with Crippen LogP contribution in [-0.2, 0) is 10.0 Å². The van der Waals surface area contributed by atoms with Gasteiger partial charge in [-0.15, -0.1) is 0 Å². The van der Waals surface area contributed by atoms with E-state index in [4.69, 9.17) is 11.6 Å². The van der Waals surface area contributed by atoms with E-state index in [1.165, 1.54) is 22.5 Å². The predicted octanol–water partition coefficient (Wildman–Crippen LogP) is 4.31. The molecule has 9 heteroatoms. The van der Waals surface area contributed by atoms with E-state index in [9.17, 15) is 13.2 Å². The molecule has 0 radical (unpaired) electrons. The van der Waals surface area contributed by atoms with Gasteiger partial charge < -0.3 is 5.32 Å². The molecule has 1 amide bonds. The largest absolute Gasteiger partial charge is 0.307 e. The van der Waals surface area contributed by atoms with Crippen molar-refractivity contribution in [3.05, 3.63) is 51.6 Å². The quantitative estimate of drug-likeness (QED) is 0.719. The van der Waals surface area contributed by atoms with Gasteiger partial charge in [0.15, 0.2) is 0 Å². The van der Waals surface area contributed by atoms with Gasteiger partial charge >= 0.3 is 0 Å². The lowest BCUT2D eigenvalue weighted by molar-refractivity contribution is 0.102. The zero-order valence-electron chi connectivity index (χ0n) is 14.5. The van der Waals surface area contributed by atoms with Gasteiger partial charge in [-0.1, -0.05) is 24.4 Å². The minimum absolute atomic E-state index is 0.0394. The minimum Gasteiger partial charge on any atom is -0.307 e. The Morgan fingerprint density at radius 1 is 1.11 bits per heavy atom. The first-order valence-corrected chi connectivity index (χ1v) is 11.2. The maximum absolute atomic E-state index is 13.0. The van der Waals surface area contributed by atoms with Gasteiger partial charge in [0.2, 0.25) is 10.0 Å². The SMILES string of the molecule is O=C(Nc1ccc(Br)cn1)c1ccc(Cl)c(S(=O)(=O)N2CCCCCC2)c1. The van der Waals surface area contributed by atoms with Crippen molar-refractivity contribution >= 4 is 49.3 Å². The number of halogens is 2. The zero-order chi connectivity index (χ0) is 19.4. The molecule has 0 aliphatic carbocycles. The third-order valence-electron chi connectivity index (χ3n) is 4.35. The molecule has 1 aromatic carbocycles. The molecule has 1 saturated heterocycles. The summed E-state index contributed by atoms with van der Waals surface area (Å²) in [6, 6.07) is 7.66. The summed E-state index contributed by atoms with van der Waals surface area (Å²) in [5.41, 5.74) is 0.206. The van der Waals surface area contributed by atoms with Crippen molar-refractivity contribution in [1.82, 2.24) is 9.29 Å². The molecule has 1 aliphatic heterocycles. The molecular formula is C18H19BrClN3O3S. The topological polar surface area (TPSA) is 79.4 Å². The van der Waals surface area contributed by atoms with Crippen molar-refractivity contribution in [3.63, 3.8) is 0 Å². The van der Waals surface area contributed by atoms with Crippen LogP contribution < -0.4 is 5.32 Å². The van der Waals surface area contributed by atoms with E-state index >= 15 is 0 Å². The molecule has 6 nitrogen and oxygen atoms in total. The molecule has 0 saturated carbocycles. The van der Waals surface area contributed by atoms with Crippen molar-refractivity contribution in [2.75, 3.05) is 18.4 Å². The van der Waals surface area contributed by atoms with Crippen LogP contribution in [0, 0.1) is 0 Å². The Morgan fingerprint density at radius 2 is 1.81 bits per heavy atom. The molecule has 2 aromatic rings. The number of hydrogen-bond donors (Lipinski definition) is 1. The van der Waals surface area contributed by atoms with Crippen LogP contribution in [0.15, 0.2) is 45.9 Å². The van der Waals surface area contributed by atoms with E-state index in [-0.39, 0.29) is 15.5 Å². The van der Waals surface area contributed by atoms with Crippen LogP contribution in [0.25, 0.3) is 0 Å². The Hall–Kier alpha value is -1.48.